The van der Waals surface area contributed by atoms with E-state index in [1.165, 1.54) is 4.90 Å². The SMILES string of the molecule is CCOC(=O)C1CCN(CC(=O)N2CCC(C)Sc3ccccc32)CC1. The maximum atomic E-state index is 13.0. The molecule has 2 aliphatic heterocycles. The molecular weight excluding hydrogens is 348 g/mol. The molecule has 5 nitrogen and oxygen atoms in total. The van der Waals surface area contributed by atoms with Crippen molar-refractivity contribution < 1.29 is 14.3 Å². The number of likely N-dealkylation sites (tertiary alicyclic amines) is 1. The Morgan fingerprint density at radius 1 is 1.15 bits per heavy atom. The summed E-state index contributed by atoms with van der Waals surface area (Å²) in [5.41, 5.74) is 1.04. The monoisotopic (exact) mass is 376 g/mol. The van der Waals surface area contributed by atoms with E-state index in [0.29, 0.717) is 18.4 Å². The molecule has 0 bridgehead atoms. The minimum Gasteiger partial charge on any atom is -0.466 e. The molecule has 142 valence electrons. The lowest BCUT2D eigenvalue weighted by Crippen LogP contribution is -2.45. The van der Waals surface area contributed by atoms with Crippen LogP contribution in [0.5, 0.6) is 0 Å². The molecule has 0 aromatic heterocycles. The van der Waals surface area contributed by atoms with Crippen molar-refractivity contribution in [3.05, 3.63) is 24.3 Å². The Morgan fingerprint density at radius 2 is 1.88 bits per heavy atom. The molecule has 1 amide bonds. The van der Waals surface area contributed by atoms with E-state index in [1.807, 2.05) is 41.8 Å². The summed E-state index contributed by atoms with van der Waals surface area (Å²) in [6.07, 6.45) is 2.54. The zero-order valence-corrected chi connectivity index (χ0v) is 16.5. The van der Waals surface area contributed by atoms with Gasteiger partial charge in [0.2, 0.25) is 5.91 Å². The second-order valence-electron chi connectivity index (χ2n) is 7.03. The Morgan fingerprint density at radius 3 is 2.62 bits per heavy atom. The number of anilines is 1. The molecule has 0 radical (unpaired) electrons. The fourth-order valence-electron chi connectivity index (χ4n) is 3.61. The number of hydrogen-bond donors (Lipinski definition) is 0. The van der Waals surface area contributed by atoms with E-state index < -0.39 is 0 Å². The van der Waals surface area contributed by atoms with Gasteiger partial charge in [0, 0.05) is 16.7 Å². The molecule has 26 heavy (non-hydrogen) atoms. The van der Waals surface area contributed by atoms with Gasteiger partial charge in [0.15, 0.2) is 0 Å². The fourth-order valence-corrected chi connectivity index (χ4v) is 4.72. The lowest BCUT2D eigenvalue weighted by Gasteiger charge is -2.32. The van der Waals surface area contributed by atoms with E-state index in [9.17, 15) is 9.59 Å². The number of para-hydroxylation sites is 1. The number of nitrogens with zero attached hydrogens (tertiary/aromatic N) is 2. The third kappa shape index (κ3) is 4.60. The molecule has 0 aliphatic carbocycles. The number of rotatable bonds is 4. The van der Waals surface area contributed by atoms with Crippen LogP contribution in [0.15, 0.2) is 29.2 Å². The topological polar surface area (TPSA) is 49.9 Å². The summed E-state index contributed by atoms with van der Waals surface area (Å²) in [7, 11) is 0. The van der Waals surface area contributed by atoms with Crippen molar-refractivity contribution in [3.63, 3.8) is 0 Å². The van der Waals surface area contributed by atoms with E-state index in [-0.39, 0.29) is 17.8 Å². The summed E-state index contributed by atoms with van der Waals surface area (Å²) in [5.74, 6) is 0.0464. The molecule has 0 saturated carbocycles. The van der Waals surface area contributed by atoms with Crippen molar-refractivity contribution in [2.24, 2.45) is 5.92 Å². The standard InChI is InChI=1S/C20H28N2O3S/c1-3-25-20(24)16-9-11-21(12-10-16)14-19(23)22-13-8-15(2)26-18-7-5-4-6-17(18)22/h4-7,15-16H,3,8-14H2,1-2H3. The first-order valence-electron chi connectivity index (χ1n) is 9.53. The van der Waals surface area contributed by atoms with Crippen LogP contribution in [0.25, 0.3) is 0 Å². The molecule has 2 heterocycles. The van der Waals surface area contributed by atoms with Gasteiger partial charge in [-0.2, -0.15) is 0 Å². The molecule has 1 unspecified atom stereocenters. The van der Waals surface area contributed by atoms with Crippen LogP contribution in [0, 0.1) is 5.92 Å². The number of esters is 1. The molecule has 6 heteroatoms. The third-order valence-electron chi connectivity index (χ3n) is 5.11. The number of benzene rings is 1. The molecule has 2 aliphatic rings. The summed E-state index contributed by atoms with van der Waals surface area (Å²) in [5, 5.41) is 0.509. The average Bonchev–Trinajstić information content (AvgIpc) is 2.80. The highest BCUT2D eigenvalue weighted by molar-refractivity contribution is 8.00. The number of thioether (sulfide) groups is 1. The fraction of sp³-hybridized carbons (Fsp3) is 0.600. The van der Waals surface area contributed by atoms with Crippen molar-refractivity contribution in [1.29, 1.82) is 0 Å². The summed E-state index contributed by atoms with van der Waals surface area (Å²) in [4.78, 5) is 30.2. The smallest absolute Gasteiger partial charge is 0.309 e. The molecule has 1 aromatic carbocycles. The second kappa shape index (κ2) is 8.91. The lowest BCUT2D eigenvalue weighted by atomic mass is 9.97. The predicted octanol–water partition coefficient (Wildman–Crippen LogP) is 3.18. The summed E-state index contributed by atoms with van der Waals surface area (Å²) >= 11 is 1.85. The average molecular weight is 377 g/mol. The third-order valence-corrected chi connectivity index (χ3v) is 6.35. The minimum atomic E-state index is -0.0917. The van der Waals surface area contributed by atoms with Gasteiger partial charge in [0.1, 0.15) is 0 Å². The Kier molecular flexibility index (Phi) is 6.59. The van der Waals surface area contributed by atoms with Crippen LogP contribution in [0.2, 0.25) is 0 Å². The Bertz CT molecular complexity index is 644. The quantitative estimate of drug-likeness (QED) is 0.756. The number of carbonyl (C=O) groups is 2. The van der Waals surface area contributed by atoms with Gasteiger partial charge < -0.3 is 9.64 Å². The largest absolute Gasteiger partial charge is 0.466 e. The van der Waals surface area contributed by atoms with Crippen LogP contribution in [0.1, 0.15) is 33.1 Å². The number of piperidine rings is 1. The maximum absolute atomic E-state index is 13.0. The van der Waals surface area contributed by atoms with E-state index >= 15 is 0 Å². The zero-order valence-electron chi connectivity index (χ0n) is 15.6. The van der Waals surface area contributed by atoms with Crippen molar-refractivity contribution in [3.8, 4) is 0 Å². The maximum Gasteiger partial charge on any atom is 0.309 e. The second-order valence-corrected chi connectivity index (χ2v) is 8.51. The number of fused-ring (bicyclic) bond motifs is 1. The molecule has 3 rings (SSSR count). The molecule has 0 spiro atoms. The molecule has 1 atom stereocenters. The van der Waals surface area contributed by atoms with Gasteiger partial charge in [0.25, 0.3) is 0 Å². The van der Waals surface area contributed by atoms with Crippen LogP contribution in [-0.4, -0.2) is 54.8 Å². The van der Waals surface area contributed by atoms with Crippen LogP contribution in [-0.2, 0) is 14.3 Å². The summed E-state index contributed by atoms with van der Waals surface area (Å²) < 4.78 is 5.12. The van der Waals surface area contributed by atoms with E-state index in [2.05, 4.69) is 17.9 Å². The van der Waals surface area contributed by atoms with Crippen molar-refractivity contribution in [1.82, 2.24) is 4.90 Å². The molecule has 1 fully saturated rings. The Hall–Kier alpha value is -1.53. The van der Waals surface area contributed by atoms with E-state index in [0.717, 1.165) is 44.6 Å². The highest BCUT2D eigenvalue weighted by Gasteiger charge is 2.29. The first-order valence-corrected chi connectivity index (χ1v) is 10.4. The first kappa shape index (κ1) is 19.2. The first-order chi connectivity index (χ1) is 12.6. The Labute approximate surface area is 160 Å². The summed E-state index contributed by atoms with van der Waals surface area (Å²) in [6.45, 7) is 7.22. The molecule has 1 aromatic rings. The minimum absolute atomic E-state index is 0.0162. The lowest BCUT2D eigenvalue weighted by molar-refractivity contribution is -0.149. The Balaban J connectivity index is 1.60. The van der Waals surface area contributed by atoms with Gasteiger partial charge in [-0.1, -0.05) is 19.1 Å². The number of ether oxygens (including phenoxy) is 1. The molecule has 0 N–H and O–H groups in total. The van der Waals surface area contributed by atoms with E-state index in [1.54, 1.807) is 0 Å². The zero-order chi connectivity index (χ0) is 18.5. The van der Waals surface area contributed by atoms with Gasteiger partial charge in [-0.25, -0.2) is 0 Å². The molecule has 1 saturated heterocycles. The van der Waals surface area contributed by atoms with E-state index in [4.69, 9.17) is 4.74 Å². The summed E-state index contributed by atoms with van der Waals surface area (Å²) in [6, 6.07) is 8.19. The van der Waals surface area contributed by atoms with Crippen LogP contribution in [0.3, 0.4) is 0 Å². The van der Waals surface area contributed by atoms with Crippen molar-refractivity contribution in [2.45, 2.75) is 43.3 Å². The normalized spacial score (nSPS) is 21.8. The van der Waals surface area contributed by atoms with Gasteiger partial charge in [-0.15, -0.1) is 11.8 Å². The number of carbonyl (C=O) groups excluding carboxylic acids is 2. The van der Waals surface area contributed by atoms with Gasteiger partial charge >= 0.3 is 5.97 Å². The van der Waals surface area contributed by atoms with Gasteiger partial charge in [0.05, 0.1) is 24.8 Å². The number of amides is 1. The predicted molar refractivity (Wildman–Crippen MR) is 105 cm³/mol. The number of hydrogen-bond acceptors (Lipinski definition) is 5. The highest BCUT2D eigenvalue weighted by Crippen LogP contribution is 2.37. The highest BCUT2D eigenvalue weighted by atomic mass is 32.2. The van der Waals surface area contributed by atoms with Crippen molar-refractivity contribution >= 4 is 29.3 Å². The van der Waals surface area contributed by atoms with Crippen molar-refractivity contribution in [2.75, 3.05) is 37.7 Å². The van der Waals surface area contributed by atoms with Gasteiger partial charge in [-0.3, -0.25) is 14.5 Å². The van der Waals surface area contributed by atoms with Crippen LogP contribution in [0.4, 0.5) is 5.69 Å². The van der Waals surface area contributed by atoms with Crippen LogP contribution < -0.4 is 4.90 Å². The van der Waals surface area contributed by atoms with Crippen LogP contribution >= 0.6 is 11.8 Å². The van der Waals surface area contributed by atoms with Gasteiger partial charge in [-0.05, 0) is 51.4 Å². The molecular formula is C20H28N2O3S.